The lowest BCUT2D eigenvalue weighted by Gasteiger charge is -2.06. The number of aliphatic carboxylic acids is 1. The Kier molecular flexibility index (Phi) is 6.05. The van der Waals surface area contributed by atoms with Crippen LogP contribution in [-0.2, 0) is 9.53 Å². The molecule has 0 aromatic carbocycles. The van der Waals surface area contributed by atoms with E-state index in [-0.39, 0.29) is 10.8 Å². The number of carboxylic acids is 1. The van der Waals surface area contributed by atoms with Crippen molar-refractivity contribution in [1.29, 1.82) is 0 Å². The Morgan fingerprint density at radius 3 is 2.54 bits per heavy atom. The van der Waals surface area contributed by atoms with Crippen molar-refractivity contribution in [2.24, 2.45) is 4.99 Å². The summed E-state index contributed by atoms with van der Waals surface area (Å²) in [6.45, 7) is 7.27. The van der Waals surface area contributed by atoms with Crippen LogP contribution in [0.2, 0.25) is 0 Å². The van der Waals surface area contributed by atoms with Gasteiger partial charge in [0.2, 0.25) is 5.88 Å². The summed E-state index contributed by atoms with van der Waals surface area (Å²) in [7, 11) is 0. The SMILES string of the molecule is C=N/C(OCC)=C(\SCC)C(=O)O. The molecular weight excluding hydrogens is 190 g/mol. The molecule has 0 saturated carbocycles. The number of nitrogens with zero attached hydrogens (tertiary/aromatic N) is 1. The molecule has 0 spiro atoms. The smallest absolute Gasteiger partial charge is 0.347 e. The predicted molar refractivity (Wildman–Crippen MR) is 54.0 cm³/mol. The van der Waals surface area contributed by atoms with Gasteiger partial charge in [0.15, 0.2) is 4.91 Å². The van der Waals surface area contributed by atoms with Crippen LogP contribution < -0.4 is 0 Å². The fourth-order valence-electron chi connectivity index (χ4n) is 0.679. The van der Waals surface area contributed by atoms with Crippen molar-refractivity contribution in [2.75, 3.05) is 12.4 Å². The van der Waals surface area contributed by atoms with Crippen LogP contribution in [0.3, 0.4) is 0 Å². The van der Waals surface area contributed by atoms with E-state index in [9.17, 15) is 4.79 Å². The van der Waals surface area contributed by atoms with E-state index < -0.39 is 5.97 Å². The Bertz CT molecular complexity index is 225. The van der Waals surface area contributed by atoms with Crippen molar-refractivity contribution in [2.45, 2.75) is 13.8 Å². The lowest BCUT2D eigenvalue weighted by molar-refractivity contribution is -0.132. The number of aliphatic imine (C=N–C) groups is 1. The standard InChI is InChI=1S/C8H13NO3S/c1-4-12-7(9-3)6(8(10)11)13-5-2/h3-5H2,1-2H3,(H,10,11)/b7-6+. The highest BCUT2D eigenvalue weighted by molar-refractivity contribution is 8.03. The zero-order valence-corrected chi connectivity index (χ0v) is 8.56. The first-order valence-corrected chi connectivity index (χ1v) is 4.85. The molecule has 0 atom stereocenters. The molecule has 13 heavy (non-hydrogen) atoms. The molecule has 0 aliphatic heterocycles. The van der Waals surface area contributed by atoms with E-state index in [2.05, 4.69) is 11.7 Å². The lowest BCUT2D eigenvalue weighted by Crippen LogP contribution is -2.03. The predicted octanol–water partition coefficient (Wildman–Crippen LogP) is 1.73. The first-order valence-electron chi connectivity index (χ1n) is 3.87. The molecule has 74 valence electrons. The van der Waals surface area contributed by atoms with Crippen molar-refractivity contribution in [3.05, 3.63) is 10.8 Å². The van der Waals surface area contributed by atoms with Gasteiger partial charge in [-0.05, 0) is 19.4 Å². The lowest BCUT2D eigenvalue weighted by atomic mass is 10.6. The number of thioether (sulfide) groups is 1. The van der Waals surface area contributed by atoms with Gasteiger partial charge < -0.3 is 9.84 Å². The Balaban J connectivity index is 4.76. The third kappa shape index (κ3) is 3.98. The highest BCUT2D eigenvalue weighted by Crippen LogP contribution is 2.21. The molecule has 0 aromatic heterocycles. The van der Waals surface area contributed by atoms with Gasteiger partial charge in [-0.15, -0.1) is 11.8 Å². The van der Waals surface area contributed by atoms with E-state index in [1.165, 1.54) is 11.8 Å². The molecule has 0 amide bonds. The highest BCUT2D eigenvalue weighted by Gasteiger charge is 2.14. The van der Waals surface area contributed by atoms with Crippen molar-refractivity contribution in [1.82, 2.24) is 0 Å². The normalized spacial score (nSPS) is 11.8. The molecular formula is C8H13NO3S. The molecule has 0 saturated heterocycles. The quantitative estimate of drug-likeness (QED) is 0.406. The highest BCUT2D eigenvalue weighted by atomic mass is 32.2. The fraction of sp³-hybridized carbons (Fsp3) is 0.500. The molecule has 1 N–H and O–H groups in total. The summed E-state index contributed by atoms with van der Waals surface area (Å²) < 4.78 is 5.02. The third-order valence-corrected chi connectivity index (χ3v) is 2.03. The second kappa shape index (κ2) is 6.54. The average Bonchev–Trinajstić information content (AvgIpc) is 2.10. The third-order valence-electron chi connectivity index (χ3n) is 1.10. The van der Waals surface area contributed by atoms with Crippen LogP contribution in [0, 0.1) is 0 Å². The number of rotatable bonds is 6. The van der Waals surface area contributed by atoms with Gasteiger partial charge in [0.25, 0.3) is 0 Å². The van der Waals surface area contributed by atoms with Gasteiger partial charge in [-0.1, -0.05) is 6.92 Å². The van der Waals surface area contributed by atoms with Gasteiger partial charge in [-0.3, -0.25) is 0 Å². The Hall–Kier alpha value is -0.970. The summed E-state index contributed by atoms with van der Waals surface area (Å²) >= 11 is 1.18. The largest absolute Gasteiger partial charge is 0.477 e. The van der Waals surface area contributed by atoms with Crippen LogP contribution in [0.1, 0.15) is 13.8 Å². The summed E-state index contributed by atoms with van der Waals surface area (Å²) in [6.07, 6.45) is 0. The molecule has 0 heterocycles. The maximum Gasteiger partial charge on any atom is 0.347 e. The second-order valence-electron chi connectivity index (χ2n) is 1.96. The topological polar surface area (TPSA) is 58.9 Å². The minimum absolute atomic E-state index is 0.0989. The van der Waals surface area contributed by atoms with E-state index in [0.29, 0.717) is 12.4 Å². The Morgan fingerprint density at radius 2 is 2.23 bits per heavy atom. The van der Waals surface area contributed by atoms with Crippen molar-refractivity contribution >= 4 is 24.4 Å². The summed E-state index contributed by atoms with van der Waals surface area (Å²) in [5.41, 5.74) is 0. The van der Waals surface area contributed by atoms with Crippen molar-refractivity contribution < 1.29 is 14.6 Å². The monoisotopic (exact) mass is 203 g/mol. The van der Waals surface area contributed by atoms with Crippen LogP contribution in [-0.4, -0.2) is 30.2 Å². The van der Waals surface area contributed by atoms with Gasteiger partial charge in [-0.25, -0.2) is 9.79 Å². The van der Waals surface area contributed by atoms with E-state index in [4.69, 9.17) is 9.84 Å². The Labute approximate surface area is 81.7 Å². The number of hydrogen-bond acceptors (Lipinski definition) is 4. The van der Waals surface area contributed by atoms with Crippen LogP contribution in [0.15, 0.2) is 15.8 Å². The van der Waals surface area contributed by atoms with Crippen LogP contribution in [0.5, 0.6) is 0 Å². The van der Waals surface area contributed by atoms with Gasteiger partial charge in [0.05, 0.1) is 6.61 Å². The van der Waals surface area contributed by atoms with E-state index in [0.717, 1.165) is 0 Å². The maximum atomic E-state index is 10.7. The zero-order valence-electron chi connectivity index (χ0n) is 7.74. The van der Waals surface area contributed by atoms with Crippen LogP contribution >= 0.6 is 11.8 Å². The summed E-state index contributed by atoms with van der Waals surface area (Å²) in [5, 5.41) is 8.79. The number of ether oxygens (including phenoxy) is 1. The molecule has 0 bridgehead atoms. The molecule has 4 nitrogen and oxygen atoms in total. The minimum Gasteiger partial charge on any atom is -0.477 e. The number of hydrogen-bond donors (Lipinski definition) is 1. The molecule has 0 fully saturated rings. The summed E-state index contributed by atoms with van der Waals surface area (Å²) in [4.78, 5) is 14.4. The van der Waals surface area contributed by atoms with Gasteiger partial charge in [-0.2, -0.15) is 0 Å². The molecule has 0 aromatic rings. The molecule has 0 unspecified atom stereocenters. The second-order valence-corrected chi connectivity index (χ2v) is 3.24. The summed E-state index contributed by atoms with van der Waals surface area (Å²) in [6, 6.07) is 0. The molecule has 5 heteroatoms. The van der Waals surface area contributed by atoms with Gasteiger partial charge >= 0.3 is 5.97 Å². The Morgan fingerprint density at radius 1 is 1.62 bits per heavy atom. The zero-order chi connectivity index (χ0) is 10.3. The minimum atomic E-state index is -1.03. The van der Waals surface area contributed by atoms with Crippen molar-refractivity contribution in [3.8, 4) is 0 Å². The summed E-state index contributed by atoms with van der Waals surface area (Å²) in [5.74, 6) is -0.266. The average molecular weight is 203 g/mol. The van der Waals surface area contributed by atoms with Gasteiger partial charge in [0, 0.05) is 0 Å². The van der Waals surface area contributed by atoms with E-state index in [1.54, 1.807) is 6.92 Å². The molecule has 0 radical (unpaired) electrons. The number of carboxylic acid groups (broad SMARTS) is 1. The van der Waals surface area contributed by atoms with Crippen LogP contribution in [0.25, 0.3) is 0 Å². The fourth-order valence-corrected chi connectivity index (χ4v) is 1.34. The van der Waals surface area contributed by atoms with Crippen LogP contribution in [0.4, 0.5) is 0 Å². The number of carbonyl (C=O) groups is 1. The van der Waals surface area contributed by atoms with E-state index >= 15 is 0 Å². The molecule has 0 rings (SSSR count). The maximum absolute atomic E-state index is 10.7. The molecule has 0 aliphatic rings. The first kappa shape index (κ1) is 12.0. The van der Waals surface area contributed by atoms with Crippen molar-refractivity contribution in [3.63, 3.8) is 0 Å². The van der Waals surface area contributed by atoms with Gasteiger partial charge in [0.1, 0.15) is 0 Å². The first-order chi connectivity index (χ1) is 6.17. The van der Waals surface area contributed by atoms with E-state index in [1.807, 2.05) is 6.92 Å². The molecule has 0 aliphatic carbocycles.